The van der Waals surface area contributed by atoms with E-state index >= 15 is 0 Å². The molecule has 100 valence electrons. The molecule has 0 aromatic heterocycles. The highest BCUT2D eigenvalue weighted by atomic mass is 16.5. The van der Waals surface area contributed by atoms with Gasteiger partial charge in [-0.25, -0.2) is 0 Å². The molecule has 0 heterocycles. The van der Waals surface area contributed by atoms with Crippen LogP contribution in [-0.4, -0.2) is 32.7 Å². The molecule has 0 saturated carbocycles. The van der Waals surface area contributed by atoms with E-state index in [-0.39, 0.29) is 5.91 Å². The lowest BCUT2D eigenvalue weighted by molar-refractivity contribution is -0.121. The van der Waals surface area contributed by atoms with Crippen LogP contribution < -0.4 is 10.6 Å². The second-order valence-electron chi connectivity index (χ2n) is 4.32. The van der Waals surface area contributed by atoms with Crippen LogP contribution >= 0.6 is 0 Å². The predicted octanol–water partition coefficient (Wildman–Crippen LogP) is 1.87. The van der Waals surface area contributed by atoms with Gasteiger partial charge >= 0.3 is 0 Å². The summed E-state index contributed by atoms with van der Waals surface area (Å²) in [5.41, 5.74) is 3.59. The summed E-state index contributed by atoms with van der Waals surface area (Å²) in [5.74, 6) is 0.0448. The molecule has 0 aliphatic rings. The second kappa shape index (κ2) is 7.71. The summed E-state index contributed by atoms with van der Waals surface area (Å²) >= 11 is 0. The van der Waals surface area contributed by atoms with Crippen LogP contribution in [0.3, 0.4) is 0 Å². The Labute approximate surface area is 109 Å². The summed E-state index contributed by atoms with van der Waals surface area (Å²) in [6.07, 6.45) is 0.469. The number of methoxy groups -OCH3 is 1. The van der Waals surface area contributed by atoms with Gasteiger partial charge in [-0.15, -0.1) is 0 Å². The Morgan fingerprint density at radius 3 is 2.67 bits per heavy atom. The molecule has 0 saturated heterocycles. The third kappa shape index (κ3) is 5.19. The number of carbonyl (C=O) groups excluding carboxylic acids is 1. The van der Waals surface area contributed by atoms with E-state index in [9.17, 15) is 4.79 Å². The summed E-state index contributed by atoms with van der Waals surface area (Å²) < 4.78 is 4.86. The largest absolute Gasteiger partial charge is 0.385 e. The van der Waals surface area contributed by atoms with E-state index in [1.807, 2.05) is 6.07 Å². The minimum Gasteiger partial charge on any atom is -0.385 e. The maximum absolute atomic E-state index is 11.4. The third-order valence-corrected chi connectivity index (χ3v) is 2.82. The molecule has 1 aromatic rings. The average Bonchev–Trinajstić information content (AvgIpc) is 2.34. The van der Waals surface area contributed by atoms with Crippen molar-refractivity contribution in [1.29, 1.82) is 0 Å². The maximum Gasteiger partial charge on any atom is 0.221 e. The maximum atomic E-state index is 11.4. The molecular formula is C14H22N2O2. The number of nitrogens with one attached hydrogen (secondary N) is 2. The van der Waals surface area contributed by atoms with Gasteiger partial charge in [-0.3, -0.25) is 4.79 Å². The zero-order chi connectivity index (χ0) is 13.4. The molecule has 0 bridgehead atoms. The minimum absolute atomic E-state index is 0.0448. The van der Waals surface area contributed by atoms with Crippen LogP contribution in [0.1, 0.15) is 17.5 Å². The van der Waals surface area contributed by atoms with Gasteiger partial charge in [-0.2, -0.15) is 0 Å². The predicted molar refractivity (Wildman–Crippen MR) is 73.9 cm³/mol. The molecule has 2 N–H and O–H groups in total. The molecule has 0 aliphatic heterocycles. The van der Waals surface area contributed by atoms with E-state index in [2.05, 4.69) is 36.6 Å². The van der Waals surface area contributed by atoms with Gasteiger partial charge in [0.2, 0.25) is 5.91 Å². The number of hydrogen-bond donors (Lipinski definition) is 2. The van der Waals surface area contributed by atoms with E-state index in [1.54, 1.807) is 7.11 Å². The van der Waals surface area contributed by atoms with Crippen molar-refractivity contribution in [3.63, 3.8) is 0 Å². The summed E-state index contributed by atoms with van der Waals surface area (Å²) in [5, 5.41) is 6.03. The first-order valence-electron chi connectivity index (χ1n) is 6.20. The number of carbonyl (C=O) groups is 1. The second-order valence-corrected chi connectivity index (χ2v) is 4.32. The van der Waals surface area contributed by atoms with Crippen molar-refractivity contribution in [2.24, 2.45) is 0 Å². The van der Waals surface area contributed by atoms with Crippen molar-refractivity contribution < 1.29 is 9.53 Å². The fourth-order valence-electron chi connectivity index (χ4n) is 1.55. The van der Waals surface area contributed by atoms with Crippen molar-refractivity contribution in [2.45, 2.75) is 20.3 Å². The normalized spacial score (nSPS) is 10.2. The number of hydrogen-bond acceptors (Lipinski definition) is 3. The molecular weight excluding hydrogens is 228 g/mol. The van der Waals surface area contributed by atoms with Gasteiger partial charge in [0, 0.05) is 32.3 Å². The Balaban J connectivity index is 2.24. The van der Waals surface area contributed by atoms with Crippen LogP contribution in [0, 0.1) is 13.8 Å². The van der Waals surface area contributed by atoms with Crippen molar-refractivity contribution in [2.75, 3.05) is 32.1 Å². The Kier molecular flexibility index (Phi) is 6.22. The van der Waals surface area contributed by atoms with Crippen molar-refractivity contribution in [1.82, 2.24) is 5.32 Å². The molecule has 1 aromatic carbocycles. The lowest BCUT2D eigenvalue weighted by Crippen LogP contribution is -2.28. The molecule has 4 heteroatoms. The van der Waals surface area contributed by atoms with Gasteiger partial charge in [0.25, 0.3) is 0 Å². The van der Waals surface area contributed by atoms with E-state index in [0.717, 1.165) is 5.69 Å². The first-order valence-corrected chi connectivity index (χ1v) is 6.20. The monoisotopic (exact) mass is 250 g/mol. The average molecular weight is 250 g/mol. The Bertz CT molecular complexity index is 391. The summed E-state index contributed by atoms with van der Waals surface area (Å²) in [6.45, 7) is 5.93. The van der Waals surface area contributed by atoms with Crippen LogP contribution in [-0.2, 0) is 9.53 Å². The van der Waals surface area contributed by atoms with Crippen LogP contribution in [0.25, 0.3) is 0 Å². The Morgan fingerprint density at radius 2 is 2.00 bits per heavy atom. The molecule has 1 rings (SSSR count). The molecule has 18 heavy (non-hydrogen) atoms. The lowest BCUT2D eigenvalue weighted by Gasteiger charge is -2.09. The molecule has 0 radical (unpaired) electrons. The van der Waals surface area contributed by atoms with E-state index < -0.39 is 0 Å². The SMILES string of the molecule is COCCNC(=O)CCNc1ccc(C)c(C)c1. The fourth-order valence-corrected chi connectivity index (χ4v) is 1.55. The molecule has 0 atom stereocenters. The fraction of sp³-hybridized carbons (Fsp3) is 0.500. The minimum atomic E-state index is 0.0448. The molecule has 0 aliphatic carbocycles. The van der Waals surface area contributed by atoms with Crippen LogP contribution in [0.5, 0.6) is 0 Å². The Hall–Kier alpha value is -1.55. The van der Waals surface area contributed by atoms with Gasteiger partial charge in [0.15, 0.2) is 0 Å². The van der Waals surface area contributed by atoms with E-state index in [0.29, 0.717) is 26.1 Å². The molecule has 0 spiro atoms. The quantitative estimate of drug-likeness (QED) is 0.726. The number of rotatable bonds is 7. The lowest BCUT2D eigenvalue weighted by atomic mass is 10.1. The third-order valence-electron chi connectivity index (χ3n) is 2.82. The van der Waals surface area contributed by atoms with Crippen molar-refractivity contribution in [3.05, 3.63) is 29.3 Å². The number of amides is 1. The summed E-state index contributed by atoms with van der Waals surface area (Å²) in [4.78, 5) is 11.4. The van der Waals surface area contributed by atoms with Gasteiger partial charge in [0.05, 0.1) is 6.61 Å². The number of anilines is 1. The van der Waals surface area contributed by atoms with Gasteiger partial charge < -0.3 is 15.4 Å². The van der Waals surface area contributed by atoms with Gasteiger partial charge in [0.1, 0.15) is 0 Å². The highest BCUT2D eigenvalue weighted by molar-refractivity contribution is 5.76. The number of ether oxygens (including phenoxy) is 1. The first-order chi connectivity index (χ1) is 8.63. The zero-order valence-corrected chi connectivity index (χ0v) is 11.4. The van der Waals surface area contributed by atoms with Crippen molar-refractivity contribution >= 4 is 11.6 Å². The van der Waals surface area contributed by atoms with Crippen LogP contribution in [0.4, 0.5) is 5.69 Å². The number of aryl methyl sites for hydroxylation is 2. The number of benzene rings is 1. The molecule has 4 nitrogen and oxygen atoms in total. The zero-order valence-electron chi connectivity index (χ0n) is 11.4. The molecule has 0 unspecified atom stereocenters. The highest BCUT2D eigenvalue weighted by Gasteiger charge is 2.00. The summed E-state index contributed by atoms with van der Waals surface area (Å²) in [7, 11) is 1.62. The van der Waals surface area contributed by atoms with E-state index in [1.165, 1.54) is 11.1 Å². The van der Waals surface area contributed by atoms with Crippen molar-refractivity contribution in [3.8, 4) is 0 Å². The van der Waals surface area contributed by atoms with Crippen LogP contribution in [0.2, 0.25) is 0 Å². The molecule has 0 fully saturated rings. The molecule has 1 amide bonds. The smallest absolute Gasteiger partial charge is 0.221 e. The van der Waals surface area contributed by atoms with E-state index in [4.69, 9.17) is 4.74 Å². The first kappa shape index (κ1) is 14.5. The topological polar surface area (TPSA) is 50.4 Å². The van der Waals surface area contributed by atoms with Gasteiger partial charge in [-0.05, 0) is 37.1 Å². The Morgan fingerprint density at radius 1 is 1.22 bits per heavy atom. The highest BCUT2D eigenvalue weighted by Crippen LogP contribution is 2.13. The standard InChI is InChI=1S/C14H22N2O2/c1-11-4-5-13(10-12(11)2)15-7-6-14(17)16-8-9-18-3/h4-5,10,15H,6-9H2,1-3H3,(H,16,17). The van der Waals surface area contributed by atoms with Crippen LogP contribution in [0.15, 0.2) is 18.2 Å². The summed E-state index contributed by atoms with van der Waals surface area (Å²) in [6, 6.07) is 6.21. The van der Waals surface area contributed by atoms with Gasteiger partial charge in [-0.1, -0.05) is 6.07 Å².